The molecule has 0 radical (unpaired) electrons. The summed E-state index contributed by atoms with van der Waals surface area (Å²) < 4.78 is 1.94. The highest BCUT2D eigenvalue weighted by molar-refractivity contribution is 5.35. The second-order valence-electron chi connectivity index (χ2n) is 3.67. The first kappa shape index (κ1) is 10.7. The fraction of sp³-hybridized carbons (Fsp3) is 0.333. The van der Waals surface area contributed by atoms with E-state index in [-0.39, 0.29) is 0 Å². The van der Waals surface area contributed by atoms with Gasteiger partial charge in [0.1, 0.15) is 5.82 Å². The molecule has 2 rings (SSSR count). The Balaban J connectivity index is 2.15. The highest BCUT2D eigenvalue weighted by Gasteiger charge is 2.01. The minimum absolute atomic E-state index is 0.720. The van der Waals surface area contributed by atoms with Gasteiger partial charge in [0.25, 0.3) is 0 Å². The van der Waals surface area contributed by atoms with E-state index in [0.29, 0.717) is 0 Å². The van der Waals surface area contributed by atoms with Crippen LogP contribution < -0.4 is 5.32 Å². The van der Waals surface area contributed by atoms with E-state index in [2.05, 4.69) is 22.3 Å². The lowest BCUT2D eigenvalue weighted by molar-refractivity contribution is 0.653. The van der Waals surface area contributed by atoms with Crippen LogP contribution in [0.1, 0.15) is 18.3 Å². The van der Waals surface area contributed by atoms with Gasteiger partial charge in [-0.1, -0.05) is 6.07 Å². The van der Waals surface area contributed by atoms with Gasteiger partial charge in [0.2, 0.25) is 0 Å². The molecule has 0 saturated carbocycles. The molecule has 16 heavy (non-hydrogen) atoms. The largest absolute Gasteiger partial charge is 0.370 e. The van der Waals surface area contributed by atoms with Crippen LogP contribution in [-0.2, 0) is 6.54 Å². The number of rotatable bonds is 4. The number of anilines is 1. The predicted molar refractivity (Wildman–Crippen MR) is 64.5 cm³/mol. The second-order valence-corrected chi connectivity index (χ2v) is 3.67. The number of hydrogen-bond donors (Lipinski definition) is 1. The summed E-state index contributed by atoms with van der Waals surface area (Å²) >= 11 is 0. The van der Waals surface area contributed by atoms with Crippen LogP contribution in [0.5, 0.6) is 0 Å². The van der Waals surface area contributed by atoms with Gasteiger partial charge < -0.3 is 5.32 Å². The molecule has 84 valence electrons. The summed E-state index contributed by atoms with van der Waals surface area (Å²) in [5, 5.41) is 7.44. The van der Waals surface area contributed by atoms with Crippen molar-refractivity contribution >= 4 is 5.82 Å². The molecule has 2 heterocycles. The van der Waals surface area contributed by atoms with Crippen molar-refractivity contribution in [3.8, 4) is 0 Å². The summed E-state index contributed by atoms with van der Waals surface area (Å²) in [5.74, 6) is 0.921. The molecule has 0 aliphatic rings. The molecule has 0 atom stereocenters. The van der Waals surface area contributed by atoms with Crippen LogP contribution >= 0.6 is 0 Å². The number of hydrogen-bond acceptors (Lipinski definition) is 3. The summed E-state index contributed by atoms with van der Waals surface area (Å²) in [6, 6.07) is 8.00. The Morgan fingerprint density at radius 3 is 2.88 bits per heavy atom. The summed E-state index contributed by atoms with van der Waals surface area (Å²) in [7, 11) is 0. The molecule has 0 fully saturated rings. The van der Waals surface area contributed by atoms with Gasteiger partial charge in [0, 0.05) is 18.4 Å². The molecule has 0 amide bonds. The molecular formula is C12H16N4. The standard InChI is InChI=1S/C12H16N4/c1-3-13-12-6-4-5-11(15-12)9-16-10(2)7-8-14-16/h4-8H,3,9H2,1-2H3,(H,13,15). The fourth-order valence-corrected chi connectivity index (χ4v) is 1.56. The molecule has 0 aliphatic carbocycles. The number of nitrogens with one attached hydrogen (secondary N) is 1. The van der Waals surface area contributed by atoms with Crippen molar-refractivity contribution in [1.29, 1.82) is 0 Å². The van der Waals surface area contributed by atoms with Crippen molar-refractivity contribution < 1.29 is 0 Å². The van der Waals surface area contributed by atoms with Crippen LogP contribution in [-0.4, -0.2) is 21.3 Å². The normalized spacial score (nSPS) is 10.4. The predicted octanol–water partition coefficient (Wildman–Crippen LogP) is 2.07. The molecule has 0 aromatic carbocycles. The highest BCUT2D eigenvalue weighted by atomic mass is 15.3. The maximum absolute atomic E-state index is 4.51. The van der Waals surface area contributed by atoms with Crippen LogP contribution in [0.25, 0.3) is 0 Å². The van der Waals surface area contributed by atoms with E-state index in [0.717, 1.165) is 30.3 Å². The first-order valence-electron chi connectivity index (χ1n) is 5.48. The molecular weight excluding hydrogens is 200 g/mol. The third kappa shape index (κ3) is 2.39. The lowest BCUT2D eigenvalue weighted by Crippen LogP contribution is -2.07. The minimum Gasteiger partial charge on any atom is -0.370 e. The molecule has 0 aliphatic heterocycles. The van der Waals surface area contributed by atoms with Crippen LogP contribution in [0.15, 0.2) is 30.5 Å². The summed E-state index contributed by atoms with van der Waals surface area (Å²) in [6.45, 7) is 5.71. The molecule has 0 unspecified atom stereocenters. The maximum Gasteiger partial charge on any atom is 0.126 e. The maximum atomic E-state index is 4.51. The molecule has 1 N–H and O–H groups in total. The quantitative estimate of drug-likeness (QED) is 0.850. The molecule has 0 spiro atoms. The fourth-order valence-electron chi connectivity index (χ4n) is 1.56. The third-order valence-corrected chi connectivity index (χ3v) is 2.41. The Morgan fingerprint density at radius 2 is 2.19 bits per heavy atom. The zero-order valence-electron chi connectivity index (χ0n) is 9.64. The van der Waals surface area contributed by atoms with E-state index in [1.165, 1.54) is 0 Å². The molecule has 2 aromatic rings. The highest BCUT2D eigenvalue weighted by Crippen LogP contribution is 2.07. The average molecular weight is 216 g/mol. The number of aryl methyl sites for hydroxylation is 1. The topological polar surface area (TPSA) is 42.7 Å². The van der Waals surface area contributed by atoms with Crippen LogP contribution in [0, 0.1) is 6.92 Å². The zero-order chi connectivity index (χ0) is 11.4. The molecule has 4 nitrogen and oxygen atoms in total. The van der Waals surface area contributed by atoms with Gasteiger partial charge >= 0.3 is 0 Å². The molecule has 0 saturated heterocycles. The number of aromatic nitrogens is 3. The van der Waals surface area contributed by atoms with Crippen LogP contribution in [0.4, 0.5) is 5.82 Å². The van der Waals surface area contributed by atoms with Crippen molar-refractivity contribution in [3.63, 3.8) is 0 Å². The first-order chi connectivity index (χ1) is 7.79. The van der Waals surface area contributed by atoms with E-state index >= 15 is 0 Å². The molecule has 0 bridgehead atoms. The second kappa shape index (κ2) is 4.79. The Bertz CT molecular complexity index is 462. The van der Waals surface area contributed by atoms with Crippen molar-refractivity contribution in [2.45, 2.75) is 20.4 Å². The molecule has 4 heteroatoms. The summed E-state index contributed by atoms with van der Waals surface area (Å²) in [5.41, 5.74) is 2.17. The lowest BCUT2D eigenvalue weighted by Gasteiger charge is -2.06. The third-order valence-electron chi connectivity index (χ3n) is 2.41. The Kier molecular flexibility index (Phi) is 3.19. The van der Waals surface area contributed by atoms with Crippen LogP contribution in [0.3, 0.4) is 0 Å². The van der Waals surface area contributed by atoms with E-state index in [9.17, 15) is 0 Å². The van der Waals surface area contributed by atoms with Gasteiger partial charge in [-0.3, -0.25) is 4.68 Å². The Hall–Kier alpha value is -1.84. The lowest BCUT2D eigenvalue weighted by atomic mass is 10.3. The van der Waals surface area contributed by atoms with E-state index in [4.69, 9.17) is 0 Å². The number of pyridine rings is 1. The van der Waals surface area contributed by atoms with Gasteiger partial charge in [-0.25, -0.2) is 4.98 Å². The van der Waals surface area contributed by atoms with Crippen molar-refractivity contribution in [2.75, 3.05) is 11.9 Å². The summed E-state index contributed by atoms with van der Waals surface area (Å²) in [6.07, 6.45) is 1.81. The van der Waals surface area contributed by atoms with Gasteiger partial charge in [0.05, 0.1) is 12.2 Å². The van der Waals surface area contributed by atoms with Gasteiger partial charge in [0.15, 0.2) is 0 Å². The number of nitrogens with zero attached hydrogens (tertiary/aromatic N) is 3. The van der Waals surface area contributed by atoms with E-state index < -0.39 is 0 Å². The van der Waals surface area contributed by atoms with Crippen molar-refractivity contribution in [2.24, 2.45) is 0 Å². The van der Waals surface area contributed by atoms with E-state index in [1.807, 2.05) is 42.1 Å². The van der Waals surface area contributed by atoms with E-state index in [1.54, 1.807) is 0 Å². The first-order valence-corrected chi connectivity index (χ1v) is 5.48. The zero-order valence-corrected chi connectivity index (χ0v) is 9.64. The monoisotopic (exact) mass is 216 g/mol. The average Bonchev–Trinajstić information content (AvgIpc) is 2.66. The smallest absolute Gasteiger partial charge is 0.126 e. The Morgan fingerprint density at radius 1 is 1.31 bits per heavy atom. The van der Waals surface area contributed by atoms with Gasteiger partial charge in [-0.2, -0.15) is 5.10 Å². The summed E-state index contributed by atoms with van der Waals surface area (Å²) in [4.78, 5) is 4.51. The van der Waals surface area contributed by atoms with Gasteiger partial charge in [-0.15, -0.1) is 0 Å². The minimum atomic E-state index is 0.720. The van der Waals surface area contributed by atoms with Crippen molar-refractivity contribution in [3.05, 3.63) is 41.9 Å². The molecule has 2 aromatic heterocycles. The van der Waals surface area contributed by atoms with Gasteiger partial charge in [-0.05, 0) is 32.0 Å². The van der Waals surface area contributed by atoms with Crippen molar-refractivity contribution in [1.82, 2.24) is 14.8 Å². The Labute approximate surface area is 95.3 Å². The van der Waals surface area contributed by atoms with Crippen LogP contribution in [0.2, 0.25) is 0 Å². The SMILES string of the molecule is CCNc1cccc(Cn2nccc2C)n1.